The zero-order chi connectivity index (χ0) is 25.3. The lowest BCUT2D eigenvalue weighted by molar-refractivity contribution is -0.332. The Morgan fingerprint density at radius 1 is 1.26 bits per heavy atom. The molecule has 34 heavy (non-hydrogen) atoms. The molecule has 11 nitrogen and oxygen atoms in total. The highest BCUT2D eigenvalue weighted by Crippen LogP contribution is 2.43. The van der Waals surface area contributed by atoms with Crippen LogP contribution in [0.5, 0.6) is 0 Å². The number of aliphatic hydroxyl groups is 3. The fourth-order valence-corrected chi connectivity index (χ4v) is 5.24. The van der Waals surface area contributed by atoms with E-state index < -0.39 is 66.6 Å². The molecule has 0 aromatic carbocycles. The molecule has 3 aliphatic rings. The zero-order valence-electron chi connectivity index (χ0n) is 20.6. The third-order valence-electron chi connectivity index (χ3n) is 7.03. The number of rotatable bonds is 8. The van der Waals surface area contributed by atoms with Crippen molar-refractivity contribution >= 4 is 5.91 Å². The van der Waals surface area contributed by atoms with Gasteiger partial charge in [-0.1, -0.05) is 26.0 Å². The van der Waals surface area contributed by atoms with E-state index in [0.29, 0.717) is 6.42 Å². The summed E-state index contributed by atoms with van der Waals surface area (Å²) in [5.41, 5.74) is 0.227. The van der Waals surface area contributed by atoms with Crippen molar-refractivity contribution < 1.29 is 48.5 Å². The summed E-state index contributed by atoms with van der Waals surface area (Å²) in [6.45, 7) is 9.12. The Kier molecular flexibility index (Phi) is 8.76. The first-order valence-corrected chi connectivity index (χ1v) is 11.6. The maximum Gasteiger partial charge on any atom is 0.256 e. The Labute approximate surface area is 200 Å². The van der Waals surface area contributed by atoms with Crippen LogP contribution in [0.3, 0.4) is 0 Å². The molecular formula is C23H39NO10. The fourth-order valence-electron chi connectivity index (χ4n) is 5.24. The highest BCUT2D eigenvalue weighted by atomic mass is 16.7. The molecule has 3 fully saturated rings. The first-order chi connectivity index (χ1) is 16.0. The number of hydrogen-bond acceptors (Lipinski definition) is 10. The van der Waals surface area contributed by atoms with Crippen molar-refractivity contribution in [1.29, 1.82) is 0 Å². The van der Waals surface area contributed by atoms with Crippen molar-refractivity contribution in [3.05, 3.63) is 12.2 Å². The van der Waals surface area contributed by atoms with E-state index in [9.17, 15) is 20.1 Å². The maximum atomic E-state index is 13.1. The number of fused-ring (bicyclic) bond motifs is 1. The van der Waals surface area contributed by atoms with Crippen molar-refractivity contribution in [2.45, 2.75) is 94.8 Å². The number of hydrogen-bond donors (Lipinski definition) is 4. The molecule has 0 aliphatic carbocycles. The summed E-state index contributed by atoms with van der Waals surface area (Å²) < 4.78 is 34.8. The Balaban J connectivity index is 1.79. The van der Waals surface area contributed by atoms with Crippen LogP contribution in [0.2, 0.25) is 0 Å². The fraction of sp³-hybridized carbons (Fsp3) is 0.870. The summed E-state index contributed by atoms with van der Waals surface area (Å²) in [4.78, 5) is 13.1. The van der Waals surface area contributed by atoms with Crippen LogP contribution >= 0.6 is 0 Å². The molecule has 0 saturated carbocycles. The van der Waals surface area contributed by atoms with Gasteiger partial charge in [0.2, 0.25) is 5.79 Å². The molecule has 0 bridgehead atoms. The number of carbonyl (C=O) groups excluding carboxylic acids is 1. The van der Waals surface area contributed by atoms with Gasteiger partial charge in [-0.05, 0) is 13.3 Å². The molecule has 3 heterocycles. The summed E-state index contributed by atoms with van der Waals surface area (Å²) in [5.74, 6) is -2.33. The van der Waals surface area contributed by atoms with E-state index in [-0.39, 0.29) is 25.7 Å². The molecule has 11 heteroatoms. The lowest BCUT2D eigenvalue weighted by Gasteiger charge is -2.54. The lowest BCUT2D eigenvalue weighted by Crippen LogP contribution is -2.69. The SMILES string of the molecule is C=C1C[C@@H](C)O[C@@](OC)([C@H](O)C(=O)N[C@@H]2OCO[C@H]3[C@@H]2O[C@H](C[C@H](O)CO)C(C)(C)[C@@H]3OC)C1. The van der Waals surface area contributed by atoms with Crippen LogP contribution in [-0.4, -0.2) is 104 Å². The molecule has 0 spiro atoms. The van der Waals surface area contributed by atoms with E-state index in [1.807, 2.05) is 20.8 Å². The minimum Gasteiger partial charge on any atom is -0.394 e. The highest BCUT2D eigenvalue weighted by Gasteiger charge is 2.57. The summed E-state index contributed by atoms with van der Waals surface area (Å²) >= 11 is 0. The smallest absolute Gasteiger partial charge is 0.256 e. The van der Waals surface area contributed by atoms with Gasteiger partial charge in [0.25, 0.3) is 5.91 Å². The number of aliphatic hydroxyl groups excluding tert-OH is 3. The summed E-state index contributed by atoms with van der Waals surface area (Å²) in [6.07, 6.45) is -5.34. The summed E-state index contributed by atoms with van der Waals surface area (Å²) in [6, 6.07) is 0. The van der Waals surface area contributed by atoms with Crippen LogP contribution in [0.4, 0.5) is 0 Å². The average Bonchev–Trinajstić information content (AvgIpc) is 2.78. The van der Waals surface area contributed by atoms with E-state index in [1.165, 1.54) is 7.11 Å². The van der Waals surface area contributed by atoms with Gasteiger partial charge in [-0.15, -0.1) is 0 Å². The van der Waals surface area contributed by atoms with Gasteiger partial charge >= 0.3 is 0 Å². The van der Waals surface area contributed by atoms with Gasteiger partial charge in [-0.25, -0.2) is 0 Å². The second kappa shape index (κ2) is 10.9. The van der Waals surface area contributed by atoms with E-state index in [2.05, 4.69) is 11.9 Å². The number of methoxy groups -OCH3 is 2. The normalized spacial score (nSPS) is 39.7. The summed E-state index contributed by atoms with van der Waals surface area (Å²) in [5, 5.41) is 33.0. The van der Waals surface area contributed by atoms with Crippen LogP contribution in [0.1, 0.15) is 40.0 Å². The Morgan fingerprint density at radius 3 is 2.56 bits per heavy atom. The molecule has 9 atom stereocenters. The van der Waals surface area contributed by atoms with Gasteiger partial charge in [0, 0.05) is 32.5 Å². The summed E-state index contributed by atoms with van der Waals surface area (Å²) in [7, 11) is 2.93. The van der Waals surface area contributed by atoms with Crippen LogP contribution in [0.25, 0.3) is 0 Å². The van der Waals surface area contributed by atoms with Crippen molar-refractivity contribution in [3.8, 4) is 0 Å². The molecule has 0 aromatic rings. The zero-order valence-corrected chi connectivity index (χ0v) is 20.6. The quantitative estimate of drug-likeness (QED) is 0.339. The maximum absolute atomic E-state index is 13.1. The number of ether oxygens (including phenoxy) is 6. The van der Waals surface area contributed by atoms with E-state index >= 15 is 0 Å². The largest absolute Gasteiger partial charge is 0.394 e. The van der Waals surface area contributed by atoms with Crippen LogP contribution < -0.4 is 5.32 Å². The highest BCUT2D eigenvalue weighted by molar-refractivity contribution is 5.82. The Hall–Kier alpha value is -1.15. The molecule has 3 rings (SSSR count). The minimum absolute atomic E-state index is 0.120. The van der Waals surface area contributed by atoms with Gasteiger partial charge in [-0.2, -0.15) is 0 Å². The third kappa shape index (κ3) is 5.32. The van der Waals surface area contributed by atoms with Gasteiger partial charge in [0.05, 0.1) is 31.0 Å². The van der Waals surface area contributed by atoms with Crippen LogP contribution in [0, 0.1) is 5.41 Å². The van der Waals surface area contributed by atoms with Gasteiger partial charge in [0.15, 0.2) is 12.3 Å². The molecule has 0 aromatic heterocycles. The molecule has 3 saturated heterocycles. The number of amides is 1. The third-order valence-corrected chi connectivity index (χ3v) is 7.03. The average molecular weight is 490 g/mol. The lowest BCUT2D eigenvalue weighted by atomic mass is 9.72. The minimum atomic E-state index is -1.66. The van der Waals surface area contributed by atoms with E-state index in [4.69, 9.17) is 28.4 Å². The van der Waals surface area contributed by atoms with Gasteiger partial charge in [-0.3, -0.25) is 4.79 Å². The van der Waals surface area contributed by atoms with Crippen molar-refractivity contribution in [2.75, 3.05) is 27.6 Å². The van der Waals surface area contributed by atoms with E-state index in [1.54, 1.807) is 7.11 Å². The number of carbonyl (C=O) groups is 1. The topological polar surface area (TPSA) is 145 Å². The van der Waals surface area contributed by atoms with Crippen molar-refractivity contribution in [1.82, 2.24) is 5.32 Å². The van der Waals surface area contributed by atoms with Crippen molar-refractivity contribution in [3.63, 3.8) is 0 Å². The van der Waals surface area contributed by atoms with Crippen LogP contribution in [-0.2, 0) is 33.2 Å². The monoisotopic (exact) mass is 489 g/mol. The second-order valence-electron chi connectivity index (χ2n) is 9.96. The predicted octanol–water partition coefficient (Wildman–Crippen LogP) is -0.188. The van der Waals surface area contributed by atoms with E-state index in [0.717, 1.165) is 5.57 Å². The molecular weight excluding hydrogens is 450 g/mol. The first-order valence-electron chi connectivity index (χ1n) is 11.6. The number of nitrogens with one attached hydrogen (secondary N) is 1. The molecule has 4 N–H and O–H groups in total. The molecule has 196 valence electrons. The van der Waals surface area contributed by atoms with Crippen LogP contribution in [0.15, 0.2) is 12.2 Å². The standard InChI is InChI=1S/C23H39NO10/c1-12-7-13(2)34-23(9-12,30-6)18(27)20(28)24-21-17-16(31-11-32-21)19(29-5)22(3,4)15(33-17)8-14(26)10-25/h13-19,21,25-27H,1,7-11H2,2-6H3,(H,24,28)/t13-,14+,15-,16+,17+,18-,19-,21-,23-/m1/s1. The Morgan fingerprint density at radius 2 is 1.97 bits per heavy atom. The van der Waals surface area contributed by atoms with Gasteiger partial charge < -0.3 is 49.1 Å². The Bertz CT molecular complexity index is 733. The van der Waals surface area contributed by atoms with Gasteiger partial charge in [0.1, 0.15) is 19.0 Å². The van der Waals surface area contributed by atoms with Crippen molar-refractivity contribution in [2.24, 2.45) is 5.41 Å². The molecule has 1 amide bonds. The first kappa shape index (κ1) is 27.4. The predicted molar refractivity (Wildman–Crippen MR) is 118 cm³/mol. The second-order valence-corrected chi connectivity index (χ2v) is 9.96. The molecule has 0 unspecified atom stereocenters. The molecule has 3 aliphatic heterocycles. The molecule has 0 radical (unpaired) electrons.